The summed E-state index contributed by atoms with van der Waals surface area (Å²) in [5.41, 5.74) is 7.03. The van der Waals surface area contributed by atoms with Crippen LogP contribution >= 0.6 is 0 Å². The maximum absolute atomic E-state index is 5.94. The van der Waals surface area contributed by atoms with Crippen molar-refractivity contribution >= 4 is 11.6 Å². The molecular weight excluding hydrogens is 212 g/mol. The van der Waals surface area contributed by atoms with E-state index in [2.05, 4.69) is 35.6 Å². The molecule has 1 saturated heterocycles. The van der Waals surface area contributed by atoms with E-state index in [4.69, 9.17) is 5.73 Å². The molecule has 1 aliphatic heterocycles. The van der Waals surface area contributed by atoms with Crippen molar-refractivity contribution in [3.63, 3.8) is 0 Å². The van der Waals surface area contributed by atoms with Gasteiger partial charge in [0.2, 0.25) is 0 Å². The molecule has 0 radical (unpaired) electrons. The van der Waals surface area contributed by atoms with Crippen LogP contribution in [0.4, 0.5) is 11.6 Å². The Labute approximate surface area is 103 Å². The average molecular weight is 234 g/mol. The van der Waals surface area contributed by atoms with E-state index in [1.165, 1.54) is 12.8 Å². The zero-order valence-electron chi connectivity index (χ0n) is 11.0. The average Bonchev–Trinajstić information content (AvgIpc) is 2.32. The fourth-order valence-corrected chi connectivity index (χ4v) is 2.64. The van der Waals surface area contributed by atoms with Crippen LogP contribution in [0.2, 0.25) is 0 Å². The van der Waals surface area contributed by atoms with Crippen molar-refractivity contribution in [2.45, 2.75) is 46.1 Å². The maximum Gasteiger partial charge on any atom is 0.137 e. The van der Waals surface area contributed by atoms with E-state index in [1.54, 1.807) is 6.33 Å². The molecule has 2 N–H and O–H groups in total. The van der Waals surface area contributed by atoms with Gasteiger partial charge in [-0.2, -0.15) is 0 Å². The minimum absolute atomic E-state index is 0.531. The summed E-state index contributed by atoms with van der Waals surface area (Å²) < 4.78 is 0. The Kier molecular flexibility index (Phi) is 3.50. The number of nitrogens with two attached hydrogens (primary N) is 1. The number of hydrogen-bond donors (Lipinski definition) is 1. The van der Waals surface area contributed by atoms with Crippen molar-refractivity contribution in [3.8, 4) is 0 Å². The number of hydrogen-bond acceptors (Lipinski definition) is 4. The summed E-state index contributed by atoms with van der Waals surface area (Å²) in [5.74, 6) is 2.38. The number of nitrogens with zero attached hydrogens (tertiary/aromatic N) is 3. The number of rotatable bonds is 2. The minimum Gasteiger partial charge on any atom is -0.383 e. The Hall–Kier alpha value is -1.32. The van der Waals surface area contributed by atoms with Crippen LogP contribution in [0.5, 0.6) is 0 Å². The van der Waals surface area contributed by atoms with Crippen molar-refractivity contribution in [2.75, 3.05) is 17.2 Å². The number of anilines is 2. The SMILES string of the molecule is CCc1c(N)ncnc1N1CCCC(C)C1C. The van der Waals surface area contributed by atoms with E-state index in [9.17, 15) is 0 Å². The Bertz CT molecular complexity index is 391. The lowest BCUT2D eigenvalue weighted by atomic mass is 9.91. The highest BCUT2D eigenvalue weighted by Crippen LogP contribution is 2.30. The van der Waals surface area contributed by atoms with Crippen molar-refractivity contribution in [3.05, 3.63) is 11.9 Å². The Morgan fingerprint density at radius 2 is 2.18 bits per heavy atom. The monoisotopic (exact) mass is 234 g/mol. The van der Waals surface area contributed by atoms with Crippen LogP contribution in [0.3, 0.4) is 0 Å². The van der Waals surface area contributed by atoms with Gasteiger partial charge >= 0.3 is 0 Å². The summed E-state index contributed by atoms with van der Waals surface area (Å²) in [5, 5.41) is 0. The molecule has 2 heterocycles. The van der Waals surface area contributed by atoms with Crippen LogP contribution in [-0.2, 0) is 6.42 Å². The first-order valence-corrected chi connectivity index (χ1v) is 6.51. The molecule has 0 amide bonds. The number of aromatic nitrogens is 2. The van der Waals surface area contributed by atoms with Crippen LogP contribution in [-0.4, -0.2) is 22.6 Å². The summed E-state index contributed by atoms with van der Waals surface area (Å²) >= 11 is 0. The van der Waals surface area contributed by atoms with Crippen LogP contribution in [0, 0.1) is 5.92 Å². The first-order chi connectivity index (χ1) is 8.15. The topological polar surface area (TPSA) is 55.0 Å². The normalized spacial score (nSPS) is 25.0. The molecule has 2 unspecified atom stereocenters. The molecule has 1 aliphatic rings. The molecule has 0 saturated carbocycles. The fraction of sp³-hybridized carbons (Fsp3) is 0.692. The van der Waals surface area contributed by atoms with Gasteiger partial charge in [-0.1, -0.05) is 13.8 Å². The van der Waals surface area contributed by atoms with Gasteiger partial charge in [0.15, 0.2) is 0 Å². The lowest BCUT2D eigenvalue weighted by Crippen LogP contribution is -2.43. The van der Waals surface area contributed by atoms with Crippen LogP contribution in [0.15, 0.2) is 6.33 Å². The van der Waals surface area contributed by atoms with Crippen molar-refractivity contribution in [1.82, 2.24) is 9.97 Å². The smallest absolute Gasteiger partial charge is 0.137 e. The summed E-state index contributed by atoms with van der Waals surface area (Å²) in [7, 11) is 0. The minimum atomic E-state index is 0.531. The van der Waals surface area contributed by atoms with E-state index in [1.807, 2.05) is 0 Å². The Morgan fingerprint density at radius 3 is 2.88 bits per heavy atom. The van der Waals surface area contributed by atoms with Crippen molar-refractivity contribution in [1.29, 1.82) is 0 Å². The summed E-state index contributed by atoms with van der Waals surface area (Å²) in [6.45, 7) is 7.78. The van der Waals surface area contributed by atoms with Gasteiger partial charge < -0.3 is 10.6 Å². The number of nitrogen functional groups attached to an aromatic ring is 1. The second kappa shape index (κ2) is 4.90. The van der Waals surface area contributed by atoms with Crippen molar-refractivity contribution in [2.24, 2.45) is 5.92 Å². The van der Waals surface area contributed by atoms with E-state index in [-0.39, 0.29) is 0 Å². The highest BCUT2D eigenvalue weighted by atomic mass is 15.2. The van der Waals surface area contributed by atoms with Crippen LogP contribution < -0.4 is 10.6 Å². The Morgan fingerprint density at radius 1 is 1.41 bits per heavy atom. The van der Waals surface area contributed by atoms with E-state index < -0.39 is 0 Å². The molecule has 4 nitrogen and oxygen atoms in total. The summed E-state index contributed by atoms with van der Waals surface area (Å²) in [4.78, 5) is 10.9. The lowest BCUT2D eigenvalue weighted by Gasteiger charge is -2.39. The van der Waals surface area contributed by atoms with E-state index >= 15 is 0 Å². The van der Waals surface area contributed by atoms with Gasteiger partial charge in [0.05, 0.1) is 0 Å². The summed E-state index contributed by atoms with van der Waals surface area (Å²) in [6, 6.07) is 0.531. The predicted octanol–water partition coefficient (Wildman–Crippen LogP) is 2.25. The standard InChI is InChI=1S/C13H22N4/c1-4-11-12(14)15-8-16-13(11)17-7-5-6-9(2)10(17)3/h8-10H,4-7H2,1-3H3,(H2,14,15,16). The van der Waals surface area contributed by atoms with Gasteiger partial charge in [-0.3, -0.25) is 0 Å². The molecule has 94 valence electrons. The maximum atomic E-state index is 5.94. The molecule has 17 heavy (non-hydrogen) atoms. The van der Waals surface area contributed by atoms with Gasteiger partial charge in [0.25, 0.3) is 0 Å². The van der Waals surface area contributed by atoms with Gasteiger partial charge in [0.1, 0.15) is 18.0 Å². The first-order valence-electron chi connectivity index (χ1n) is 6.51. The van der Waals surface area contributed by atoms with Crippen LogP contribution in [0.25, 0.3) is 0 Å². The second-order valence-electron chi connectivity index (χ2n) is 4.97. The first kappa shape index (κ1) is 12.1. The molecule has 1 aromatic heterocycles. The third kappa shape index (κ3) is 2.21. The van der Waals surface area contributed by atoms with Crippen LogP contribution in [0.1, 0.15) is 39.2 Å². The molecule has 0 aromatic carbocycles. The third-order valence-corrected chi connectivity index (χ3v) is 3.96. The van der Waals surface area contributed by atoms with E-state index in [0.717, 1.165) is 24.3 Å². The highest BCUT2D eigenvalue weighted by molar-refractivity contribution is 5.57. The molecule has 2 rings (SSSR count). The molecule has 2 atom stereocenters. The predicted molar refractivity (Wildman–Crippen MR) is 71.0 cm³/mol. The molecule has 0 spiro atoms. The van der Waals surface area contributed by atoms with Gasteiger partial charge in [-0.05, 0) is 32.1 Å². The van der Waals surface area contributed by atoms with Gasteiger partial charge in [-0.15, -0.1) is 0 Å². The molecular formula is C13H22N4. The lowest BCUT2D eigenvalue weighted by molar-refractivity contribution is 0.361. The highest BCUT2D eigenvalue weighted by Gasteiger charge is 2.27. The quantitative estimate of drug-likeness (QED) is 0.852. The Balaban J connectivity index is 2.35. The molecule has 4 heteroatoms. The molecule has 1 aromatic rings. The second-order valence-corrected chi connectivity index (χ2v) is 4.97. The molecule has 0 aliphatic carbocycles. The number of piperidine rings is 1. The molecule has 1 fully saturated rings. The zero-order chi connectivity index (χ0) is 12.4. The summed E-state index contributed by atoms with van der Waals surface area (Å²) in [6.07, 6.45) is 5.01. The van der Waals surface area contributed by atoms with Gasteiger partial charge in [-0.25, -0.2) is 9.97 Å². The zero-order valence-corrected chi connectivity index (χ0v) is 11.0. The van der Waals surface area contributed by atoms with E-state index in [0.29, 0.717) is 17.8 Å². The molecule has 0 bridgehead atoms. The third-order valence-electron chi connectivity index (χ3n) is 3.96. The fourth-order valence-electron chi connectivity index (χ4n) is 2.64. The van der Waals surface area contributed by atoms with Gasteiger partial charge in [0, 0.05) is 18.2 Å². The van der Waals surface area contributed by atoms with Crippen molar-refractivity contribution < 1.29 is 0 Å². The largest absolute Gasteiger partial charge is 0.383 e.